The molecule has 0 saturated heterocycles. The summed E-state index contributed by atoms with van der Waals surface area (Å²) in [4.78, 5) is 0. The minimum atomic E-state index is 0.250. The molecule has 0 spiro atoms. The minimum Gasteiger partial charge on any atom is -0.397 e. The smallest absolute Gasteiger partial charge is 0.0402 e. The zero-order chi connectivity index (χ0) is 11.4. The maximum absolute atomic E-state index is 7.57. The standard InChI is InChI=1S/C13H10.C2H6O/c1-3-7-12-10(5-1)9-11-6-2-4-8-13(11)12;1-2-3/h1-8H,9H2;3H,2H2,1H3. The van der Waals surface area contributed by atoms with Gasteiger partial charge in [0.1, 0.15) is 0 Å². The van der Waals surface area contributed by atoms with E-state index in [9.17, 15) is 0 Å². The predicted octanol–water partition coefficient (Wildman–Crippen LogP) is 3.26. The minimum absolute atomic E-state index is 0.250. The maximum atomic E-state index is 7.57. The van der Waals surface area contributed by atoms with Gasteiger partial charge in [-0.1, -0.05) is 48.5 Å². The topological polar surface area (TPSA) is 20.2 Å². The molecular formula is C15H16O. The van der Waals surface area contributed by atoms with Gasteiger partial charge in [0.25, 0.3) is 0 Å². The van der Waals surface area contributed by atoms with E-state index in [1.54, 1.807) is 6.92 Å². The molecule has 1 nitrogen and oxygen atoms in total. The zero-order valence-corrected chi connectivity index (χ0v) is 9.48. The fraction of sp³-hybridized carbons (Fsp3) is 0.200. The Bertz CT molecular complexity index is 431. The lowest BCUT2D eigenvalue weighted by Gasteiger charge is -1.98. The van der Waals surface area contributed by atoms with Gasteiger partial charge in [0.15, 0.2) is 0 Å². The summed E-state index contributed by atoms with van der Waals surface area (Å²) in [5.41, 5.74) is 5.75. The second kappa shape index (κ2) is 4.95. The van der Waals surface area contributed by atoms with Gasteiger partial charge in [-0.15, -0.1) is 0 Å². The quantitative estimate of drug-likeness (QED) is 0.606. The van der Waals surface area contributed by atoms with Crippen molar-refractivity contribution in [2.75, 3.05) is 6.61 Å². The zero-order valence-electron chi connectivity index (χ0n) is 9.48. The van der Waals surface area contributed by atoms with Crippen LogP contribution in [0.15, 0.2) is 48.5 Å². The number of rotatable bonds is 0. The summed E-state index contributed by atoms with van der Waals surface area (Å²) in [5, 5.41) is 7.57. The van der Waals surface area contributed by atoms with Crippen LogP contribution in [0.5, 0.6) is 0 Å². The highest BCUT2D eigenvalue weighted by molar-refractivity contribution is 5.76. The monoisotopic (exact) mass is 212 g/mol. The van der Waals surface area contributed by atoms with Gasteiger partial charge in [0.2, 0.25) is 0 Å². The van der Waals surface area contributed by atoms with E-state index < -0.39 is 0 Å². The lowest BCUT2D eigenvalue weighted by molar-refractivity contribution is 0.318. The van der Waals surface area contributed by atoms with Gasteiger partial charge in [-0.05, 0) is 35.6 Å². The van der Waals surface area contributed by atoms with E-state index in [2.05, 4.69) is 48.5 Å². The molecule has 0 aliphatic heterocycles. The Labute approximate surface area is 96.4 Å². The van der Waals surface area contributed by atoms with E-state index in [-0.39, 0.29) is 6.61 Å². The summed E-state index contributed by atoms with van der Waals surface area (Å²) in [5.74, 6) is 0. The predicted molar refractivity (Wildman–Crippen MR) is 67.4 cm³/mol. The summed E-state index contributed by atoms with van der Waals surface area (Å²) in [6, 6.07) is 17.3. The van der Waals surface area contributed by atoms with Crippen LogP contribution >= 0.6 is 0 Å². The van der Waals surface area contributed by atoms with Crippen LogP contribution in [0.4, 0.5) is 0 Å². The number of hydrogen-bond donors (Lipinski definition) is 1. The van der Waals surface area contributed by atoms with Crippen molar-refractivity contribution in [3.63, 3.8) is 0 Å². The van der Waals surface area contributed by atoms with Crippen molar-refractivity contribution < 1.29 is 5.11 Å². The molecule has 3 rings (SSSR count). The molecule has 0 fully saturated rings. The van der Waals surface area contributed by atoms with Crippen LogP contribution in [-0.2, 0) is 6.42 Å². The van der Waals surface area contributed by atoms with Crippen LogP contribution in [0, 0.1) is 0 Å². The van der Waals surface area contributed by atoms with Gasteiger partial charge in [-0.3, -0.25) is 0 Å². The molecular weight excluding hydrogens is 196 g/mol. The molecule has 82 valence electrons. The first-order valence-electron chi connectivity index (χ1n) is 5.64. The molecule has 0 amide bonds. The summed E-state index contributed by atoms with van der Waals surface area (Å²) >= 11 is 0. The SMILES string of the molecule is CCO.c1ccc2c(c1)Cc1ccccc1-2. The van der Waals surface area contributed by atoms with Crippen LogP contribution in [0.1, 0.15) is 18.1 Å². The van der Waals surface area contributed by atoms with Crippen LogP contribution in [-0.4, -0.2) is 11.7 Å². The highest BCUT2D eigenvalue weighted by atomic mass is 16.2. The largest absolute Gasteiger partial charge is 0.397 e. The molecule has 0 radical (unpaired) electrons. The van der Waals surface area contributed by atoms with Gasteiger partial charge in [0, 0.05) is 6.61 Å². The maximum Gasteiger partial charge on any atom is 0.0402 e. The molecule has 0 bridgehead atoms. The van der Waals surface area contributed by atoms with Crippen molar-refractivity contribution in [1.82, 2.24) is 0 Å². The number of fused-ring (bicyclic) bond motifs is 3. The molecule has 2 aromatic rings. The fourth-order valence-electron chi connectivity index (χ4n) is 2.08. The Kier molecular flexibility index (Phi) is 3.37. The second-order valence-electron chi connectivity index (χ2n) is 3.81. The Morgan fingerprint density at radius 2 is 1.25 bits per heavy atom. The van der Waals surface area contributed by atoms with Crippen LogP contribution in [0.2, 0.25) is 0 Å². The van der Waals surface area contributed by atoms with Gasteiger partial charge in [0.05, 0.1) is 0 Å². The van der Waals surface area contributed by atoms with Gasteiger partial charge in [-0.2, -0.15) is 0 Å². The third-order valence-electron chi connectivity index (χ3n) is 2.71. The normalized spacial score (nSPS) is 11.1. The van der Waals surface area contributed by atoms with E-state index in [0.717, 1.165) is 6.42 Å². The first kappa shape index (κ1) is 10.9. The van der Waals surface area contributed by atoms with E-state index >= 15 is 0 Å². The average molecular weight is 212 g/mol. The van der Waals surface area contributed by atoms with Gasteiger partial charge in [-0.25, -0.2) is 0 Å². The van der Waals surface area contributed by atoms with Crippen molar-refractivity contribution in [3.8, 4) is 11.1 Å². The third-order valence-corrected chi connectivity index (χ3v) is 2.71. The van der Waals surface area contributed by atoms with Crippen molar-refractivity contribution in [3.05, 3.63) is 59.7 Å². The van der Waals surface area contributed by atoms with Crippen molar-refractivity contribution >= 4 is 0 Å². The van der Waals surface area contributed by atoms with E-state index in [1.807, 2.05) is 0 Å². The average Bonchev–Trinajstić information content (AvgIpc) is 2.68. The van der Waals surface area contributed by atoms with Gasteiger partial charge < -0.3 is 5.11 Å². The summed E-state index contributed by atoms with van der Waals surface area (Å²) in [6.45, 7) is 1.93. The molecule has 0 unspecified atom stereocenters. The molecule has 1 heteroatoms. The Hall–Kier alpha value is -1.60. The number of aliphatic hydroxyl groups excluding tert-OH is 1. The molecule has 1 aliphatic rings. The molecule has 1 N–H and O–H groups in total. The summed E-state index contributed by atoms with van der Waals surface area (Å²) < 4.78 is 0. The molecule has 0 atom stereocenters. The highest BCUT2D eigenvalue weighted by Gasteiger charge is 2.15. The third kappa shape index (κ3) is 2.00. The van der Waals surface area contributed by atoms with Crippen molar-refractivity contribution in [1.29, 1.82) is 0 Å². The van der Waals surface area contributed by atoms with Crippen molar-refractivity contribution in [2.45, 2.75) is 13.3 Å². The molecule has 0 aromatic heterocycles. The molecule has 16 heavy (non-hydrogen) atoms. The second-order valence-corrected chi connectivity index (χ2v) is 3.81. The summed E-state index contributed by atoms with van der Waals surface area (Å²) in [7, 11) is 0. The Morgan fingerprint density at radius 1 is 0.875 bits per heavy atom. The first-order chi connectivity index (χ1) is 7.86. The molecule has 0 saturated carbocycles. The van der Waals surface area contributed by atoms with Crippen LogP contribution < -0.4 is 0 Å². The Morgan fingerprint density at radius 3 is 1.69 bits per heavy atom. The van der Waals surface area contributed by atoms with Crippen molar-refractivity contribution in [2.24, 2.45) is 0 Å². The van der Waals surface area contributed by atoms with Crippen LogP contribution in [0.3, 0.4) is 0 Å². The van der Waals surface area contributed by atoms with E-state index in [0.29, 0.717) is 0 Å². The number of aliphatic hydroxyl groups is 1. The first-order valence-corrected chi connectivity index (χ1v) is 5.64. The molecule has 2 aromatic carbocycles. The number of hydrogen-bond acceptors (Lipinski definition) is 1. The van der Waals surface area contributed by atoms with Crippen LogP contribution in [0.25, 0.3) is 11.1 Å². The summed E-state index contributed by atoms with van der Waals surface area (Å²) in [6.07, 6.45) is 1.10. The van der Waals surface area contributed by atoms with E-state index in [4.69, 9.17) is 5.11 Å². The van der Waals surface area contributed by atoms with Gasteiger partial charge >= 0.3 is 0 Å². The number of benzene rings is 2. The Balaban J connectivity index is 0.000000292. The molecule has 1 aliphatic carbocycles. The highest BCUT2D eigenvalue weighted by Crippen LogP contribution is 2.35. The fourth-order valence-corrected chi connectivity index (χ4v) is 2.08. The molecule has 0 heterocycles. The van der Waals surface area contributed by atoms with E-state index in [1.165, 1.54) is 22.3 Å². The lowest BCUT2D eigenvalue weighted by atomic mass is 10.1. The lowest BCUT2D eigenvalue weighted by Crippen LogP contribution is -1.77.